The van der Waals surface area contributed by atoms with Crippen molar-refractivity contribution < 1.29 is 4.74 Å². The lowest BCUT2D eigenvalue weighted by Gasteiger charge is -2.25. The molecular weight excluding hydrogens is 268 g/mol. The van der Waals surface area contributed by atoms with Crippen LogP contribution in [0.3, 0.4) is 0 Å². The maximum absolute atomic E-state index is 5.66. The van der Waals surface area contributed by atoms with Gasteiger partial charge in [0.1, 0.15) is 5.82 Å². The maximum Gasteiger partial charge on any atom is 0.142 e. The molecule has 0 amide bonds. The molecule has 2 rings (SSSR count). The second kappa shape index (κ2) is 5.64. The van der Waals surface area contributed by atoms with Crippen molar-refractivity contribution in [3.63, 3.8) is 0 Å². The second-order valence-corrected chi connectivity index (χ2v) is 4.84. The van der Waals surface area contributed by atoms with E-state index in [2.05, 4.69) is 32.7 Å². The summed E-state index contributed by atoms with van der Waals surface area (Å²) in [6.45, 7) is 4.95. The van der Waals surface area contributed by atoms with E-state index in [0.717, 1.165) is 30.0 Å². The third-order valence-corrected chi connectivity index (χ3v) is 3.49. The number of likely N-dealkylation sites (N-methyl/N-ethyl adjacent to an activating group) is 1. The molecule has 0 aromatic carbocycles. The molecule has 3 nitrogen and oxygen atoms in total. The van der Waals surface area contributed by atoms with Crippen LogP contribution in [-0.4, -0.2) is 30.8 Å². The quantitative estimate of drug-likeness (QED) is 0.850. The first-order chi connectivity index (χ1) is 7.81. The molecule has 0 aliphatic carbocycles. The zero-order chi connectivity index (χ0) is 11.4. The summed E-state index contributed by atoms with van der Waals surface area (Å²) in [6.07, 6.45) is 4.55. The lowest BCUT2D eigenvalue weighted by molar-refractivity contribution is 0.115. The summed E-state index contributed by atoms with van der Waals surface area (Å²) in [7, 11) is 0. The summed E-state index contributed by atoms with van der Waals surface area (Å²) in [5.41, 5.74) is 0. The number of ether oxygens (including phenoxy) is 1. The third-order valence-electron chi connectivity index (χ3n) is 2.87. The van der Waals surface area contributed by atoms with Crippen LogP contribution in [0.25, 0.3) is 0 Å². The van der Waals surface area contributed by atoms with E-state index >= 15 is 0 Å². The average molecular weight is 285 g/mol. The van der Waals surface area contributed by atoms with Gasteiger partial charge in [-0.15, -0.1) is 0 Å². The summed E-state index contributed by atoms with van der Waals surface area (Å²) in [4.78, 5) is 6.68. The number of hydrogen-bond donors (Lipinski definition) is 0. The Morgan fingerprint density at radius 3 is 3.12 bits per heavy atom. The fourth-order valence-corrected chi connectivity index (χ4v) is 2.52. The summed E-state index contributed by atoms with van der Waals surface area (Å²) in [6, 6.07) is 3.97. The standard InChI is InChI=1S/C12H17BrN2O/c1-2-15(9-10-5-4-8-16-10)12-11(13)6-3-7-14-12/h3,6-7,10H,2,4-5,8-9H2,1H3. The summed E-state index contributed by atoms with van der Waals surface area (Å²) >= 11 is 3.54. The molecule has 1 atom stereocenters. The molecule has 0 spiro atoms. The largest absolute Gasteiger partial charge is 0.376 e. The zero-order valence-corrected chi connectivity index (χ0v) is 11.1. The van der Waals surface area contributed by atoms with Gasteiger partial charge in [-0.2, -0.15) is 0 Å². The molecule has 0 bridgehead atoms. The minimum absolute atomic E-state index is 0.369. The van der Waals surface area contributed by atoms with Gasteiger partial charge in [0.25, 0.3) is 0 Å². The fraction of sp³-hybridized carbons (Fsp3) is 0.583. The number of rotatable bonds is 4. The molecule has 0 N–H and O–H groups in total. The van der Waals surface area contributed by atoms with E-state index < -0.39 is 0 Å². The number of anilines is 1. The van der Waals surface area contributed by atoms with Gasteiger partial charge in [-0.1, -0.05) is 0 Å². The monoisotopic (exact) mass is 284 g/mol. The molecule has 88 valence electrons. The van der Waals surface area contributed by atoms with Crippen molar-refractivity contribution in [2.24, 2.45) is 0 Å². The highest BCUT2D eigenvalue weighted by Crippen LogP contribution is 2.24. The van der Waals surface area contributed by atoms with Crippen LogP contribution in [-0.2, 0) is 4.74 Å². The van der Waals surface area contributed by atoms with Crippen LogP contribution < -0.4 is 4.90 Å². The molecule has 1 fully saturated rings. The fourth-order valence-electron chi connectivity index (χ4n) is 2.01. The normalized spacial score (nSPS) is 20.0. The van der Waals surface area contributed by atoms with Gasteiger partial charge in [0.15, 0.2) is 0 Å². The van der Waals surface area contributed by atoms with E-state index in [0.29, 0.717) is 6.10 Å². The van der Waals surface area contributed by atoms with E-state index in [-0.39, 0.29) is 0 Å². The Labute approximate surface area is 105 Å². The Kier molecular flexibility index (Phi) is 4.18. The predicted octanol–water partition coefficient (Wildman–Crippen LogP) is 2.85. The van der Waals surface area contributed by atoms with Crippen molar-refractivity contribution in [2.75, 3.05) is 24.6 Å². The lowest BCUT2D eigenvalue weighted by atomic mass is 10.2. The van der Waals surface area contributed by atoms with E-state index in [1.54, 1.807) is 0 Å². The molecular formula is C12H17BrN2O. The Morgan fingerprint density at radius 2 is 2.50 bits per heavy atom. The van der Waals surface area contributed by atoms with Crippen LogP contribution in [0.5, 0.6) is 0 Å². The molecule has 1 aromatic heterocycles. The molecule has 1 saturated heterocycles. The van der Waals surface area contributed by atoms with E-state index in [1.165, 1.54) is 12.8 Å². The van der Waals surface area contributed by atoms with Crippen molar-refractivity contribution in [1.82, 2.24) is 4.98 Å². The highest BCUT2D eigenvalue weighted by atomic mass is 79.9. The van der Waals surface area contributed by atoms with Gasteiger partial charge in [-0.3, -0.25) is 0 Å². The molecule has 4 heteroatoms. The van der Waals surface area contributed by atoms with Crippen LogP contribution in [0.2, 0.25) is 0 Å². The molecule has 1 aliphatic rings. The lowest BCUT2D eigenvalue weighted by Crippen LogP contribution is -2.32. The summed E-state index contributed by atoms with van der Waals surface area (Å²) < 4.78 is 6.71. The Morgan fingerprint density at radius 1 is 1.62 bits per heavy atom. The van der Waals surface area contributed by atoms with Gasteiger partial charge in [-0.25, -0.2) is 4.98 Å². The SMILES string of the molecule is CCN(CC1CCCO1)c1ncccc1Br. The van der Waals surface area contributed by atoms with Gasteiger partial charge in [0.05, 0.1) is 10.6 Å². The zero-order valence-electron chi connectivity index (χ0n) is 9.53. The van der Waals surface area contributed by atoms with Crippen molar-refractivity contribution >= 4 is 21.7 Å². The van der Waals surface area contributed by atoms with Gasteiger partial charge in [0.2, 0.25) is 0 Å². The summed E-state index contributed by atoms with van der Waals surface area (Å²) in [5.74, 6) is 1.01. The van der Waals surface area contributed by atoms with Crippen molar-refractivity contribution in [3.05, 3.63) is 22.8 Å². The first-order valence-electron chi connectivity index (χ1n) is 5.78. The minimum Gasteiger partial charge on any atom is -0.376 e. The Hall–Kier alpha value is -0.610. The Balaban J connectivity index is 2.06. The van der Waals surface area contributed by atoms with Crippen LogP contribution in [0.15, 0.2) is 22.8 Å². The molecule has 2 heterocycles. The molecule has 16 heavy (non-hydrogen) atoms. The third kappa shape index (κ3) is 2.74. The second-order valence-electron chi connectivity index (χ2n) is 3.98. The first-order valence-corrected chi connectivity index (χ1v) is 6.57. The van der Waals surface area contributed by atoms with Crippen molar-refractivity contribution in [2.45, 2.75) is 25.9 Å². The van der Waals surface area contributed by atoms with Gasteiger partial charge < -0.3 is 9.64 Å². The van der Waals surface area contributed by atoms with Crippen LogP contribution >= 0.6 is 15.9 Å². The van der Waals surface area contributed by atoms with Crippen molar-refractivity contribution in [3.8, 4) is 0 Å². The van der Waals surface area contributed by atoms with Gasteiger partial charge in [-0.05, 0) is 47.8 Å². The van der Waals surface area contributed by atoms with Gasteiger partial charge >= 0.3 is 0 Å². The first kappa shape index (κ1) is 11.9. The Bertz CT molecular complexity index is 340. The average Bonchev–Trinajstić information content (AvgIpc) is 2.80. The molecule has 1 unspecified atom stereocenters. The number of pyridine rings is 1. The number of aromatic nitrogens is 1. The predicted molar refractivity (Wildman–Crippen MR) is 68.8 cm³/mol. The smallest absolute Gasteiger partial charge is 0.142 e. The maximum atomic E-state index is 5.66. The van der Waals surface area contributed by atoms with Crippen LogP contribution in [0.4, 0.5) is 5.82 Å². The van der Waals surface area contributed by atoms with E-state index in [1.807, 2.05) is 18.3 Å². The molecule has 0 radical (unpaired) electrons. The van der Waals surface area contributed by atoms with Crippen LogP contribution in [0, 0.1) is 0 Å². The highest BCUT2D eigenvalue weighted by molar-refractivity contribution is 9.10. The van der Waals surface area contributed by atoms with Crippen molar-refractivity contribution in [1.29, 1.82) is 0 Å². The van der Waals surface area contributed by atoms with Crippen LogP contribution in [0.1, 0.15) is 19.8 Å². The van der Waals surface area contributed by atoms with Gasteiger partial charge in [0, 0.05) is 25.9 Å². The number of hydrogen-bond acceptors (Lipinski definition) is 3. The molecule has 0 saturated carbocycles. The van der Waals surface area contributed by atoms with E-state index in [4.69, 9.17) is 4.74 Å². The summed E-state index contributed by atoms with van der Waals surface area (Å²) in [5, 5.41) is 0. The van der Waals surface area contributed by atoms with E-state index in [9.17, 15) is 0 Å². The number of nitrogens with zero attached hydrogens (tertiary/aromatic N) is 2. The highest BCUT2D eigenvalue weighted by Gasteiger charge is 2.20. The minimum atomic E-state index is 0.369. The molecule has 1 aromatic rings. The molecule has 1 aliphatic heterocycles. The topological polar surface area (TPSA) is 25.4 Å². The number of halogens is 1.